The van der Waals surface area contributed by atoms with Crippen LogP contribution in [0.5, 0.6) is 0 Å². The van der Waals surface area contributed by atoms with Gasteiger partial charge in [0.25, 0.3) is 0 Å². The molecule has 3 rings (SSSR count). The summed E-state index contributed by atoms with van der Waals surface area (Å²) in [6.07, 6.45) is 0.108. The Kier molecular flexibility index (Phi) is 4.15. The number of ketones is 1. The maximum atomic E-state index is 12.5. The molecule has 114 valence electrons. The fourth-order valence-corrected chi connectivity index (χ4v) is 2.47. The van der Waals surface area contributed by atoms with Gasteiger partial charge in [0.2, 0.25) is 0 Å². The number of pyridine rings is 1. The number of nitrogens with zero attached hydrogens (tertiary/aromatic N) is 1. The van der Waals surface area contributed by atoms with Gasteiger partial charge in [0.15, 0.2) is 5.78 Å². The second kappa shape index (κ2) is 6.40. The zero-order valence-corrected chi connectivity index (χ0v) is 12.7. The first-order valence-electron chi connectivity index (χ1n) is 7.24. The quantitative estimate of drug-likeness (QED) is 0.547. The number of methoxy groups -OCH3 is 1. The topological polar surface area (TPSA) is 56.3 Å². The molecular formula is C19H15NO3. The predicted octanol–water partition coefficient (Wildman–Crippen LogP) is 3.45. The minimum absolute atomic E-state index is 0.108. The molecule has 0 saturated heterocycles. The Hall–Kier alpha value is -3.01. The number of benzene rings is 2. The lowest BCUT2D eigenvalue weighted by molar-refractivity contribution is 0.0599. The second-order valence-electron chi connectivity index (χ2n) is 5.14. The second-order valence-corrected chi connectivity index (χ2v) is 5.14. The Morgan fingerprint density at radius 3 is 2.52 bits per heavy atom. The summed E-state index contributed by atoms with van der Waals surface area (Å²) in [6.45, 7) is 0. The number of Topliss-reactive ketones (excluding diaryl/α,β-unsaturated/α-hetero) is 1. The Bertz CT molecular complexity index is 886. The van der Waals surface area contributed by atoms with Crippen LogP contribution in [0, 0.1) is 0 Å². The average molecular weight is 305 g/mol. The summed E-state index contributed by atoms with van der Waals surface area (Å²) >= 11 is 0. The third kappa shape index (κ3) is 3.11. The summed E-state index contributed by atoms with van der Waals surface area (Å²) in [5.74, 6) is -0.577. The van der Waals surface area contributed by atoms with Gasteiger partial charge < -0.3 is 4.74 Å². The summed E-state index contributed by atoms with van der Waals surface area (Å²) in [5.41, 5.74) is 2.21. The maximum absolute atomic E-state index is 12.5. The Morgan fingerprint density at radius 1 is 0.957 bits per heavy atom. The van der Waals surface area contributed by atoms with Gasteiger partial charge in [-0.1, -0.05) is 42.5 Å². The number of carbonyl (C=O) groups excluding carboxylic acids is 2. The van der Waals surface area contributed by atoms with E-state index in [1.807, 2.05) is 30.3 Å². The molecule has 0 N–H and O–H groups in total. The van der Waals surface area contributed by atoms with Crippen LogP contribution in [0.3, 0.4) is 0 Å². The van der Waals surface area contributed by atoms with Gasteiger partial charge in [-0.25, -0.2) is 9.78 Å². The number of ether oxygens (including phenoxy) is 1. The molecule has 0 fully saturated rings. The van der Waals surface area contributed by atoms with Gasteiger partial charge in [0.1, 0.15) is 5.69 Å². The maximum Gasteiger partial charge on any atom is 0.338 e. The van der Waals surface area contributed by atoms with Crippen LogP contribution in [0.4, 0.5) is 0 Å². The van der Waals surface area contributed by atoms with Crippen molar-refractivity contribution in [2.75, 3.05) is 7.11 Å². The van der Waals surface area contributed by atoms with Crippen molar-refractivity contribution in [1.82, 2.24) is 4.98 Å². The first-order chi connectivity index (χ1) is 11.2. The molecule has 0 aliphatic rings. The van der Waals surface area contributed by atoms with Crippen molar-refractivity contribution in [3.63, 3.8) is 0 Å². The highest BCUT2D eigenvalue weighted by atomic mass is 16.5. The molecule has 0 amide bonds. The normalized spacial score (nSPS) is 10.5. The Balaban J connectivity index is 1.90. The molecule has 0 bridgehead atoms. The van der Waals surface area contributed by atoms with Crippen molar-refractivity contribution in [3.8, 4) is 0 Å². The van der Waals surface area contributed by atoms with E-state index in [1.54, 1.807) is 30.3 Å². The standard InChI is InChI=1S/C19H15NO3/c1-23-19(22)15-8-4-2-7-14(15)12-18(21)17-11-10-13-6-3-5-9-16(13)20-17/h2-11H,12H2,1H3. The van der Waals surface area contributed by atoms with Crippen LogP contribution >= 0.6 is 0 Å². The SMILES string of the molecule is COC(=O)c1ccccc1CC(=O)c1ccc2ccccc2n1. The van der Waals surface area contributed by atoms with Crippen molar-refractivity contribution in [1.29, 1.82) is 0 Å². The highest BCUT2D eigenvalue weighted by Crippen LogP contribution is 2.16. The minimum Gasteiger partial charge on any atom is -0.465 e. The lowest BCUT2D eigenvalue weighted by atomic mass is 10.0. The monoisotopic (exact) mass is 305 g/mol. The first kappa shape index (κ1) is 14.9. The van der Waals surface area contributed by atoms with E-state index in [0.717, 1.165) is 10.9 Å². The van der Waals surface area contributed by atoms with E-state index in [1.165, 1.54) is 7.11 Å². The molecule has 1 heterocycles. The average Bonchev–Trinajstić information content (AvgIpc) is 2.61. The zero-order chi connectivity index (χ0) is 16.2. The molecule has 0 spiro atoms. The Labute approximate surface area is 133 Å². The van der Waals surface area contributed by atoms with Gasteiger partial charge in [-0.3, -0.25) is 4.79 Å². The van der Waals surface area contributed by atoms with E-state index in [-0.39, 0.29) is 12.2 Å². The van der Waals surface area contributed by atoms with E-state index < -0.39 is 5.97 Å². The number of hydrogen-bond acceptors (Lipinski definition) is 4. The molecule has 0 radical (unpaired) electrons. The summed E-state index contributed by atoms with van der Waals surface area (Å²) in [4.78, 5) is 28.7. The number of rotatable bonds is 4. The third-order valence-electron chi connectivity index (χ3n) is 3.66. The van der Waals surface area contributed by atoms with Crippen LogP contribution in [0.15, 0.2) is 60.7 Å². The summed E-state index contributed by atoms with van der Waals surface area (Å²) in [7, 11) is 1.33. The van der Waals surface area contributed by atoms with E-state index in [2.05, 4.69) is 4.98 Å². The van der Waals surface area contributed by atoms with Gasteiger partial charge in [0, 0.05) is 11.8 Å². The molecule has 1 aromatic heterocycles. The lowest BCUT2D eigenvalue weighted by Gasteiger charge is -2.07. The van der Waals surface area contributed by atoms with Crippen molar-refractivity contribution < 1.29 is 14.3 Å². The van der Waals surface area contributed by atoms with E-state index >= 15 is 0 Å². The fraction of sp³-hybridized carbons (Fsp3) is 0.105. The molecule has 4 nitrogen and oxygen atoms in total. The number of fused-ring (bicyclic) bond motifs is 1. The molecule has 3 aromatic rings. The molecule has 0 saturated carbocycles. The summed E-state index contributed by atoms with van der Waals surface area (Å²) in [6, 6.07) is 18.2. The molecular weight excluding hydrogens is 290 g/mol. The summed E-state index contributed by atoms with van der Waals surface area (Å²) in [5, 5.41) is 0.985. The molecule has 4 heteroatoms. The number of hydrogen-bond donors (Lipinski definition) is 0. The number of carbonyl (C=O) groups is 2. The van der Waals surface area contributed by atoms with E-state index in [0.29, 0.717) is 16.8 Å². The van der Waals surface area contributed by atoms with Gasteiger partial charge in [0.05, 0.1) is 18.2 Å². The van der Waals surface area contributed by atoms with Crippen LogP contribution in [0.25, 0.3) is 10.9 Å². The smallest absolute Gasteiger partial charge is 0.338 e. The van der Waals surface area contributed by atoms with Crippen molar-refractivity contribution in [2.24, 2.45) is 0 Å². The largest absolute Gasteiger partial charge is 0.465 e. The molecule has 0 atom stereocenters. The van der Waals surface area contributed by atoms with Crippen LogP contribution in [0.1, 0.15) is 26.4 Å². The molecule has 0 unspecified atom stereocenters. The highest BCUT2D eigenvalue weighted by molar-refractivity contribution is 6.00. The lowest BCUT2D eigenvalue weighted by Crippen LogP contribution is -2.11. The van der Waals surface area contributed by atoms with Crippen molar-refractivity contribution >= 4 is 22.7 Å². The number of aromatic nitrogens is 1. The number of esters is 1. The predicted molar refractivity (Wildman–Crippen MR) is 87.6 cm³/mol. The third-order valence-corrected chi connectivity index (χ3v) is 3.66. The molecule has 0 aliphatic carbocycles. The number of para-hydroxylation sites is 1. The van der Waals surface area contributed by atoms with E-state index in [4.69, 9.17) is 4.74 Å². The van der Waals surface area contributed by atoms with Gasteiger partial charge >= 0.3 is 5.97 Å². The molecule has 2 aromatic carbocycles. The summed E-state index contributed by atoms with van der Waals surface area (Å²) < 4.78 is 4.76. The van der Waals surface area contributed by atoms with Crippen LogP contribution in [-0.4, -0.2) is 23.8 Å². The van der Waals surface area contributed by atoms with Crippen LogP contribution in [-0.2, 0) is 11.2 Å². The van der Waals surface area contributed by atoms with Crippen LogP contribution < -0.4 is 0 Å². The highest BCUT2D eigenvalue weighted by Gasteiger charge is 2.16. The van der Waals surface area contributed by atoms with Crippen molar-refractivity contribution in [3.05, 3.63) is 77.5 Å². The zero-order valence-electron chi connectivity index (χ0n) is 12.7. The van der Waals surface area contributed by atoms with Gasteiger partial charge in [-0.15, -0.1) is 0 Å². The fourth-order valence-electron chi connectivity index (χ4n) is 2.47. The first-order valence-corrected chi connectivity index (χ1v) is 7.24. The minimum atomic E-state index is -0.445. The Morgan fingerprint density at radius 2 is 1.70 bits per heavy atom. The van der Waals surface area contributed by atoms with E-state index in [9.17, 15) is 9.59 Å². The molecule has 23 heavy (non-hydrogen) atoms. The van der Waals surface area contributed by atoms with Crippen molar-refractivity contribution in [2.45, 2.75) is 6.42 Å². The molecule has 0 aliphatic heterocycles. The van der Waals surface area contributed by atoms with Gasteiger partial charge in [-0.05, 0) is 23.8 Å². The van der Waals surface area contributed by atoms with Crippen LogP contribution in [0.2, 0.25) is 0 Å². The van der Waals surface area contributed by atoms with Gasteiger partial charge in [-0.2, -0.15) is 0 Å².